The highest BCUT2D eigenvalue weighted by Gasteiger charge is 2.19. The third-order valence-electron chi connectivity index (χ3n) is 5.05. The number of carbonyl (C=O) groups excluding carboxylic acids is 1. The van der Waals surface area contributed by atoms with Gasteiger partial charge in [0.25, 0.3) is 0 Å². The number of rotatable bonds is 6. The van der Waals surface area contributed by atoms with Gasteiger partial charge in [0, 0.05) is 56.9 Å². The third-order valence-corrected chi connectivity index (χ3v) is 5.05. The van der Waals surface area contributed by atoms with E-state index in [1.165, 1.54) is 5.39 Å². The predicted molar refractivity (Wildman–Crippen MR) is 99.3 cm³/mol. The van der Waals surface area contributed by atoms with Gasteiger partial charge in [-0.3, -0.25) is 14.7 Å². The lowest BCUT2D eigenvalue weighted by Gasteiger charge is -2.32. The Bertz CT molecular complexity index is 708. The number of nitrogens with zero attached hydrogens (tertiary/aromatic N) is 3. The van der Waals surface area contributed by atoms with E-state index in [2.05, 4.69) is 28.9 Å². The van der Waals surface area contributed by atoms with Gasteiger partial charge in [-0.2, -0.15) is 0 Å². The largest absolute Gasteiger partial charge is 0.379 e. The molecule has 1 aliphatic rings. The van der Waals surface area contributed by atoms with Gasteiger partial charge in [0.1, 0.15) is 0 Å². The van der Waals surface area contributed by atoms with Crippen LogP contribution in [0.3, 0.4) is 0 Å². The molecule has 1 aromatic carbocycles. The van der Waals surface area contributed by atoms with Gasteiger partial charge in [0.05, 0.1) is 13.2 Å². The normalized spacial score (nSPS) is 16.7. The summed E-state index contributed by atoms with van der Waals surface area (Å²) < 4.78 is 5.39. The summed E-state index contributed by atoms with van der Waals surface area (Å²) in [4.78, 5) is 21.0. The Balaban J connectivity index is 1.55. The van der Waals surface area contributed by atoms with Crippen LogP contribution in [0.5, 0.6) is 0 Å². The molecular weight excluding hydrogens is 314 g/mol. The number of pyridine rings is 1. The molecule has 0 aliphatic carbocycles. The standard InChI is InChI=1S/C20H27N3O2/c1-16(23-10-12-25-13-11-23)6-7-20(24)22(2)15-18-5-3-4-17-14-21-9-8-19(17)18/h3-5,8-9,14,16H,6-7,10-13,15H2,1-2H3/t16-/m0/s1. The molecule has 1 aromatic heterocycles. The molecule has 1 aliphatic heterocycles. The average Bonchev–Trinajstić information content (AvgIpc) is 2.66. The summed E-state index contributed by atoms with van der Waals surface area (Å²) in [6.07, 6.45) is 5.15. The fourth-order valence-corrected chi connectivity index (χ4v) is 3.40. The molecule has 0 spiro atoms. The van der Waals surface area contributed by atoms with E-state index in [1.54, 1.807) is 6.20 Å². The summed E-state index contributed by atoms with van der Waals surface area (Å²) in [5, 5.41) is 2.28. The van der Waals surface area contributed by atoms with Gasteiger partial charge in [-0.15, -0.1) is 0 Å². The van der Waals surface area contributed by atoms with Crippen molar-refractivity contribution in [2.45, 2.75) is 32.4 Å². The Morgan fingerprint density at radius 3 is 2.92 bits per heavy atom. The molecular formula is C20H27N3O2. The summed E-state index contributed by atoms with van der Waals surface area (Å²) in [5.41, 5.74) is 1.16. The minimum atomic E-state index is 0.200. The van der Waals surface area contributed by atoms with Crippen LogP contribution in [0.1, 0.15) is 25.3 Å². The average molecular weight is 341 g/mol. The van der Waals surface area contributed by atoms with Crippen LogP contribution >= 0.6 is 0 Å². The highest BCUT2D eigenvalue weighted by atomic mass is 16.5. The molecule has 5 heteroatoms. The zero-order valence-electron chi connectivity index (χ0n) is 15.1. The number of ether oxygens (including phenoxy) is 1. The number of carbonyl (C=O) groups is 1. The lowest BCUT2D eigenvalue weighted by Crippen LogP contribution is -2.42. The molecule has 134 valence electrons. The van der Waals surface area contributed by atoms with E-state index in [-0.39, 0.29) is 5.91 Å². The Hall–Kier alpha value is -1.98. The maximum absolute atomic E-state index is 12.5. The van der Waals surface area contributed by atoms with Crippen molar-refractivity contribution in [3.05, 3.63) is 42.2 Å². The van der Waals surface area contributed by atoms with E-state index in [0.717, 1.165) is 43.7 Å². The van der Waals surface area contributed by atoms with E-state index in [0.29, 0.717) is 19.0 Å². The third kappa shape index (κ3) is 4.55. The Kier molecular flexibility index (Phi) is 6.00. The van der Waals surface area contributed by atoms with E-state index >= 15 is 0 Å². The number of benzene rings is 1. The lowest BCUT2D eigenvalue weighted by molar-refractivity contribution is -0.130. The SMILES string of the molecule is C[C@@H](CCC(=O)N(C)Cc1cccc2cnccc12)N1CCOCC1. The first-order valence-electron chi connectivity index (χ1n) is 9.02. The molecule has 1 saturated heterocycles. The fourth-order valence-electron chi connectivity index (χ4n) is 3.40. The summed E-state index contributed by atoms with van der Waals surface area (Å²) in [5.74, 6) is 0.200. The van der Waals surface area contributed by atoms with Crippen LogP contribution in [-0.4, -0.2) is 60.1 Å². The minimum absolute atomic E-state index is 0.200. The molecule has 5 nitrogen and oxygen atoms in total. The highest BCUT2D eigenvalue weighted by molar-refractivity contribution is 5.85. The smallest absolute Gasteiger partial charge is 0.222 e. The molecule has 1 atom stereocenters. The van der Waals surface area contributed by atoms with Gasteiger partial charge in [-0.25, -0.2) is 0 Å². The van der Waals surface area contributed by atoms with Crippen LogP contribution in [0.25, 0.3) is 10.8 Å². The van der Waals surface area contributed by atoms with Crippen molar-refractivity contribution in [2.75, 3.05) is 33.4 Å². The van der Waals surface area contributed by atoms with Gasteiger partial charge < -0.3 is 9.64 Å². The molecule has 2 heterocycles. The topological polar surface area (TPSA) is 45.7 Å². The van der Waals surface area contributed by atoms with E-state index in [9.17, 15) is 4.79 Å². The molecule has 1 amide bonds. The monoisotopic (exact) mass is 341 g/mol. The molecule has 0 bridgehead atoms. The fraction of sp³-hybridized carbons (Fsp3) is 0.500. The zero-order chi connectivity index (χ0) is 17.6. The van der Waals surface area contributed by atoms with Crippen LogP contribution in [-0.2, 0) is 16.1 Å². The minimum Gasteiger partial charge on any atom is -0.379 e. The Labute approximate surface area is 149 Å². The van der Waals surface area contributed by atoms with Crippen molar-refractivity contribution in [3.8, 4) is 0 Å². The lowest BCUT2D eigenvalue weighted by atomic mass is 10.1. The van der Waals surface area contributed by atoms with Crippen LogP contribution in [0.4, 0.5) is 0 Å². The molecule has 0 unspecified atom stereocenters. The van der Waals surface area contributed by atoms with E-state index in [1.807, 2.05) is 30.3 Å². The molecule has 0 saturated carbocycles. The number of amides is 1. The van der Waals surface area contributed by atoms with Crippen molar-refractivity contribution in [1.29, 1.82) is 0 Å². The Morgan fingerprint density at radius 2 is 2.12 bits per heavy atom. The van der Waals surface area contributed by atoms with Crippen molar-refractivity contribution >= 4 is 16.7 Å². The van der Waals surface area contributed by atoms with E-state index < -0.39 is 0 Å². The van der Waals surface area contributed by atoms with Crippen molar-refractivity contribution in [3.63, 3.8) is 0 Å². The molecule has 25 heavy (non-hydrogen) atoms. The quantitative estimate of drug-likeness (QED) is 0.810. The zero-order valence-corrected chi connectivity index (χ0v) is 15.1. The predicted octanol–water partition coefficient (Wildman–Crippen LogP) is 2.69. The van der Waals surface area contributed by atoms with Crippen LogP contribution in [0.15, 0.2) is 36.7 Å². The van der Waals surface area contributed by atoms with Crippen molar-refractivity contribution in [2.24, 2.45) is 0 Å². The number of fused-ring (bicyclic) bond motifs is 1. The maximum Gasteiger partial charge on any atom is 0.222 e. The van der Waals surface area contributed by atoms with Crippen molar-refractivity contribution in [1.82, 2.24) is 14.8 Å². The second kappa shape index (κ2) is 8.41. The number of aromatic nitrogens is 1. The number of morpholine rings is 1. The molecule has 1 fully saturated rings. The van der Waals surface area contributed by atoms with Crippen LogP contribution in [0.2, 0.25) is 0 Å². The van der Waals surface area contributed by atoms with Gasteiger partial charge in [-0.05, 0) is 30.4 Å². The Morgan fingerprint density at radius 1 is 1.32 bits per heavy atom. The molecule has 2 aromatic rings. The van der Waals surface area contributed by atoms with E-state index in [4.69, 9.17) is 4.74 Å². The van der Waals surface area contributed by atoms with Crippen LogP contribution in [0, 0.1) is 0 Å². The second-order valence-electron chi connectivity index (χ2n) is 6.80. The van der Waals surface area contributed by atoms with Gasteiger partial charge >= 0.3 is 0 Å². The maximum atomic E-state index is 12.5. The van der Waals surface area contributed by atoms with Crippen molar-refractivity contribution < 1.29 is 9.53 Å². The second-order valence-corrected chi connectivity index (χ2v) is 6.80. The first kappa shape index (κ1) is 17.8. The number of hydrogen-bond acceptors (Lipinski definition) is 4. The molecule has 0 N–H and O–H groups in total. The summed E-state index contributed by atoms with van der Waals surface area (Å²) in [6, 6.07) is 8.60. The molecule has 3 rings (SSSR count). The molecule has 0 radical (unpaired) electrons. The number of hydrogen-bond donors (Lipinski definition) is 0. The van der Waals surface area contributed by atoms with Gasteiger partial charge in [0.2, 0.25) is 5.91 Å². The van der Waals surface area contributed by atoms with Gasteiger partial charge in [-0.1, -0.05) is 18.2 Å². The summed E-state index contributed by atoms with van der Waals surface area (Å²) in [7, 11) is 1.89. The first-order valence-corrected chi connectivity index (χ1v) is 9.02. The van der Waals surface area contributed by atoms with Crippen LogP contribution < -0.4 is 0 Å². The summed E-state index contributed by atoms with van der Waals surface area (Å²) >= 11 is 0. The highest BCUT2D eigenvalue weighted by Crippen LogP contribution is 2.19. The summed E-state index contributed by atoms with van der Waals surface area (Å²) in [6.45, 7) is 6.37. The van der Waals surface area contributed by atoms with Gasteiger partial charge in [0.15, 0.2) is 0 Å². The first-order chi connectivity index (χ1) is 12.1.